The molecule has 0 radical (unpaired) electrons. The van der Waals surface area contributed by atoms with Gasteiger partial charge < -0.3 is 48.5 Å². The van der Waals surface area contributed by atoms with E-state index in [0.29, 0.717) is 48.9 Å². The molecule has 94 heavy (non-hydrogen) atoms. The lowest BCUT2D eigenvalue weighted by atomic mass is 9.81. The summed E-state index contributed by atoms with van der Waals surface area (Å²) >= 11 is 0. The van der Waals surface area contributed by atoms with Crippen molar-refractivity contribution in [3.05, 3.63) is 117 Å². The number of aromatic nitrogens is 2. The zero-order chi connectivity index (χ0) is 67.8. The fraction of sp³-hybridized carbons (Fsp3) is 0.441. The van der Waals surface area contributed by atoms with Crippen molar-refractivity contribution in [2.24, 2.45) is 0 Å². The molecule has 2 fully saturated rings. The third-order valence-electron chi connectivity index (χ3n) is 17.8. The van der Waals surface area contributed by atoms with Crippen molar-refractivity contribution in [1.29, 1.82) is 0 Å². The molecule has 6 amide bonds. The van der Waals surface area contributed by atoms with Crippen molar-refractivity contribution in [2.45, 2.75) is 89.1 Å². The van der Waals surface area contributed by atoms with Crippen LogP contribution in [0.25, 0.3) is 56.5 Å². The summed E-state index contributed by atoms with van der Waals surface area (Å²) in [5.41, 5.74) is 10.4. The Labute approximate surface area is 549 Å². The SMILES string of the molecule is COCCNC(=O)CN(C)C(=O)C1=Cc2cc(OC)ccc2-c2c(C3CCCCC3)c3ccc(C(=O)NS(=O)(=O)N(C)C)cc3n2C1.COCCNC(=O)CN(C)C(=O)C1=Cc2cc(OC)ccc2-c2c(C3CCCCC3)c3ccc(C(=O)NS(=O)(=O)N(C)C)cc3n2C1. The highest BCUT2D eigenvalue weighted by Gasteiger charge is 2.35. The number of methoxy groups -OCH3 is 4. The quantitative estimate of drug-likeness (QED) is 0.0497. The molecule has 2 aliphatic carbocycles. The van der Waals surface area contributed by atoms with Crippen LogP contribution in [0.5, 0.6) is 11.5 Å². The second-order valence-electron chi connectivity index (χ2n) is 24.5. The number of hydrogen-bond donors (Lipinski definition) is 4. The summed E-state index contributed by atoms with van der Waals surface area (Å²) in [6.07, 6.45) is 14.5. The van der Waals surface area contributed by atoms with Gasteiger partial charge in [0.25, 0.3) is 23.6 Å². The Kier molecular flexibility index (Phi) is 22.6. The maximum atomic E-state index is 14.0. The van der Waals surface area contributed by atoms with Gasteiger partial charge in [0.15, 0.2) is 0 Å². The van der Waals surface area contributed by atoms with Crippen LogP contribution in [0.1, 0.15) is 119 Å². The first-order chi connectivity index (χ1) is 44.9. The summed E-state index contributed by atoms with van der Waals surface area (Å²) < 4.78 is 81.3. The van der Waals surface area contributed by atoms with Crippen LogP contribution in [0.3, 0.4) is 0 Å². The molecule has 4 N–H and O–H groups in total. The number of likely N-dealkylation sites (N-methyl/N-ethyl adjacent to an activating group) is 2. The van der Waals surface area contributed by atoms with Crippen LogP contribution in [0.15, 0.2) is 83.9 Å². The second kappa shape index (κ2) is 30.3. The molecule has 0 atom stereocenters. The van der Waals surface area contributed by atoms with Crippen molar-refractivity contribution < 1.29 is 64.6 Å². The molecule has 504 valence electrons. The summed E-state index contributed by atoms with van der Waals surface area (Å²) in [6.45, 7) is 1.46. The van der Waals surface area contributed by atoms with Crippen LogP contribution in [0.2, 0.25) is 0 Å². The lowest BCUT2D eigenvalue weighted by Crippen LogP contribution is -2.40. The Morgan fingerprint density at radius 2 is 0.872 bits per heavy atom. The average Bonchev–Trinajstić information content (AvgIpc) is 1.58. The van der Waals surface area contributed by atoms with Gasteiger partial charge in [-0.1, -0.05) is 50.7 Å². The summed E-state index contributed by atoms with van der Waals surface area (Å²) in [5, 5.41) is 7.42. The van der Waals surface area contributed by atoms with Gasteiger partial charge in [-0.2, -0.15) is 25.4 Å². The highest BCUT2D eigenvalue weighted by molar-refractivity contribution is 7.88. The number of carbonyl (C=O) groups excluding carboxylic acids is 6. The van der Waals surface area contributed by atoms with E-state index in [1.807, 2.05) is 60.7 Å². The number of hydrogen-bond acceptors (Lipinski definition) is 14. The molecule has 24 nitrogen and oxygen atoms in total. The number of amides is 6. The lowest BCUT2D eigenvalue weighted by Gasteiger charge is -2.24. The fourth-order valence-corrected chi connectivity index (χ4v) is 14.0. The number of benzene rings is 4. The predicted octanol–water partition coefficient (Wildman–Crippen LogP) is 7.04. The zero-order valence-corrected chi connectivity index (χ0v) is 56.8. The topological polar surface area (TPSA) is 279 Å². The van der Waals surface area contributed by atoms with E-state index in [9.17, 15) is 45.6 Å². The molecule has 0 bridgehead atoms. The number of rotatable bonds is 22. The standard InChI is InChI=1S/2C34H43N5O7S/c2*1-37(2)47(43,44)36-33(41)23-11-13-28-29(19-23)39-20-25(34(42)38(3)21-30(40)35-15-16-45-4)17-24-18-26(46-5)12-14-27(24)32(39)31(28)22-9-7-6-8-10-22/h2*11-14,17-19,22H,6-10,15-16,20-21H2,1-5H3,(H,35,40)(H,36,41). The smallest absolute Gasteiger partial charge is 0.303 e. The first-order valence-corrected chi connectivity index (χ1v) is 34.4. The third kappa shape index (κ3) is 15.5. The normalized spacial score (nSPS) is 15.0. The van der Waals surface area contributed by atoms with E-state index < -0.39 is 32.2 Å². The molecular formula is C68H86N10O14S2. The average molecular weight is 1330 g/mol. The van der Waals surface area contributed by atoms with Gasteiger partial charge in [0, 0.05) is 125 Å². The highest BCUT2D eigenvalue weighted by Crippen LogP contribution is 2.49. The van der Waals surface area contributed by atoms with Crippen LogP contribution in [0, 0.1) is 0 Å². The monoisotopic (exact) mass is 1330 g/mol. The highest BCUT2D eigenvalue weighted by atomic mass is 32.2. The van der Waals surface area contributed by atoms with E-state index in [4.69, 9.17) is 18.9 Å². The molecule has 4 aromatic carbocycles. The van der Waals surface area contributed by atoms with Gasteiger partial charge in [-0.25, -0.2) is 9.44 Å². The van der Waals surface area contributed by atoms with Crippen molar-refractivity contribution in [2.75, 3.05) is 110 Å². The summed E-state index contributed by atoms with van der Waals surface area (Å²) in [6, 6.07) is 22.1. The molecular weight excluding hydrogens is 1240 g/mol. The first-order valence-electron chi connectivity index (χ1n) is 31.5. The second-order valence-corrected chi connectivity index (χ2v) is 28.3. The van der Waals surface area contributed by atoms with Crippen molar-refractivity contribution in [1.82, 2.24) is 47.6 Å². The molecule has 26 heteroatoms. The van der Waals surface area contributed by atoms with Gasteiger partial charge in [-0.15, -0.1) is 0 Å². The van der Waals surface area contributed by atoms with Gasteiger partial charge in [-0.05, 0) is 133 Å². The van der Waals surface area contributed by atoms with E-state index in [2.05, 4.69) is 29.2 Å². The van der Waals surface area contributed by atoms with Crippen LogP contribution in [-0.4, -0.2) is 190 Å². The van der Waals surface area contributed by atoms with Crippen LogP contribution in [-0.2, 0) is 62.2 Å². The van der Waals surface area contributed by atoms with Crippen LogP contribution < -0.4 is 29.6 Å². The van der Waals surface area contributed by atoms with E-state index in [1.165, 1.54) is 50.8 Å². The Hall–Kier alpha value is -8.40. The number of nitrogens with zero attached hydrogens (tertiary/aromatic N) is 6. The predicted molar refractivity (Wildman–Crippen MR) is 361 cm³/mol. The Morgan fingerprint density at radius 1 is 0.500 bits per heavy atom. The first kappa shape index (κ1) is 69.9. The lowest BCUT2D eigenvalue weighted by molar-refractivity contribution is -0.132. The Bertz CT molecular complexity index is 3910. The van der Waals surface area contributed by atoms with Gasteiger partial charge in [0.05, 0.1) is 65.0 Å². The van der Waals surface area contributed by atoms with E-state index >= 15 is 0 Å². The van der Waals surface area contributed by atoms with Gasteiger partial charge in [-0.3, -0.25) is 28.8 Å². The van der Waals surface area contributed by atoms with Crippen molar-refractivity contribution >= 4 is 89.8 Å². The zero-order valence-electron chi connectivity index (χ0n) is 55.2. The molecule has 0 unspecified atom stereocenters. The summed E-state index contributed by atoms with van der Waals surface area (Å²) in [4.78, 5) is 82.4. The molecule has 4 aliphatic rings. The van der Waals surface area contributed by atoms with Gasteiger partial charge in [0.2, 0.25) is 11.8 Å². The number of fused-ring (bicyclic) bond motifs is 10. The third-order valence-corrected chi connectivity index (χ3v) is 20.6. The molecule has 4 heterocycles. The molecule has 2 saturated carbocycles. The fourth-order valence-electron chi connectivity index (χ4n) is 12.9. The van der Waals surface area contributed by atoms with E-state index in [-0.39, 0.29) is 72.8 Å². The maximum Gasteiger partial charge on any atom is 0.303 e. The minimum atomic E-state index is -4.01. The summed E-state index contributed by atoms with van der Waals surface area (Å²) in [7, 11) is 6.83. The Morgan fingerprint density at radius 3 is 1.21 bits per heavy atom. The molecule has 10 rings (SSSR count). The summed E-state index contributed by atoms with van der Waals surface area (Å²) in [5.74, 6) is -0.927. The molecule has 2 aromatic heterocycles. The maximum absolute atomic E-state index is 14.0. The van der Waals surface area contributed by atoms with Crippen LogP contribution in [0.4, 0.5) is 0 Å². The van der Waals surface area contributed by atoms with E-state index in [0.717, 1.165) is 127 Å². The molecule has 0 spiro atoms. The van der Waals surface area contributed by atoms with Crippen molar-refractivity contribution in [3.8, 4) is 34.0 Å². The Balaban J connectivity index is 0.000000221. The molecule has 6 aromatic rings. The minimum Gasteiger partial charge on any atom is -0.497 e. The van der Waals surface area contributed by atoms with Crippen molar-refractivity contribution in [3.63, 3.8) is 0 Å². The number of ether oxygens (including phenoxy) is 4. The molecule has 0 saturated heterocycles. The van der Waals surface area contributed by atoms with Gasteiger partial charge in [0.1, 0.15) is 11.5 Å². The van der Waals surface area contributed by atoms with Gasteiger partial charge >= 0.3 is 20.4 Å². The largest absolute Gasteiger partial charge is 0.497 e. The number of carbonyl (C=O) groups is 6. The number of nitrogens with one attached hydrogen (secondary N) is 4. The minimum absolute atomic E-state index is 0.137. The van der Waals surface area contributed by atoms with E-state index in [1.54, 1.807) is 66.8 Å². The molecule has 2 aliphatic heterocycles. The van der Waals surface area contributed by atoms with Crippen LogP contribution >= 0.6 is 0 Å².